The molecule has 160 valence electrons. The fourth-order valence-corrected chi connectivity index (χ4v) is 3.72. The second-order valence-electron chi connectivity index (χ2n) is 6.69. The molecule has 3 N–H and O–H groups in total. The maximum atomic E-state index is 12.6. The largest absolute Gasteiger partial charge is 0.340 e. The molecule has 3 amide bonds. The van der Waals surface area contributed by atoms with Crippen molar-refractivity contribution >= 4 is 52.7 Å². The zero-order chi connectivity index (χ0) is 22.3. The van der Waals surface area contributed by atoms with Crippen LogP contribution in [-0.4, -0.2) is 35.8 Å². The third-order valence-electron chi connectivity index (χ3n) is 4.33. The maximum Gasteiger partial charge on any atom is 0.269 e. The van der Waals surface area contributed by atoms with Crippen LogP contribution >= 0.6 is 35.0 Å². The highest BCUT2D eigenvalue weighted by molar-refractivity contribution is 7.98. The van der Waals surface area contributed by atoms with Crippen LogP contribution in [0, 0.1) is 13.8 Å². The van der Waals surface area contributed by atoms with E-state index in [1.165, 1.54) is 23.9 Å². The highest BCUT2D eigenvalue weighted by atomic mass is 35.5. The van der Waals surface area contributed by atoms with Crippen molar-refractivity contribution in [3.63, 3.8) is 0 Å². The van der Waals surface area contributed by atoms with Crippen molar-refractivity contribution < 1.29 is 14.4 Å². The zero-order valence-electron chi connectivity index (χ0n) is 16.8. The van der Waals surface area contributed by atoms with Gasteiger partial charge in [0.2, 0.25) is 0 Å². The number of carbonyl (C=O) groups is 3. The highest BCUT2D eigenvalue weighted by Crippen LogP contribution is 2.21. The topological polar surface area (TPSA) is 87.3 Å². The van der Waals surface area contributed by atoms with Gasteiger partial charge in [0, 0.05) is 10.6 Å². The summed E-state index contributed by atoms with van der Waals surface area (Å²) < 4.78 is 0. The van der Waals surface area contributed by atoms with Gasteiger partial charge >= 0.3 is 0 Å². The number of rotatable bonds is 7. The van der Waals surface area contributed by atoms with E-state index in [4.69, 9.17) is 23.2 Å². The number of halogens is 2. The van der Waals surface area contributed by atoms with Crippen LogP contribution in [0.1, 0.15) is 38.3 Å². The van der Waals surface area contributed by atoms with Crippen LogP contribution in [-0.2, 0) is 4.79 Å². The lowest BCUT2D eigenvalue weighted by Gasteiger charge is -2.19. The van der Waals surface area contributed by atoms with Crippen LogP contribution < -0.4 is 16.2 Å². The SMILES string of the molecule is CSCCC(NC(=O)c1ccc(Cl)cc1Cl)C(=O)NNC(=O)c1ccc(C)cc1C. The van der Waals surface area contributed by atoms with Gasteiger partial charge in [-0.25, -0.2) is 0 Å². The number of hydrogen-bond donors (Lipinski definition) is 3. The number of hydrazine groups is 1. The Labute approximate surface area is 190 Å². The molecule has 0 saturated carbocycles. The summed E-state index contributed by atoms with van der Waals surface area (Å²) in [6.45, 7) is 3.75. The molecule has 2 rings (SSSR count). The maximum absolute atomic E-state index is 12.6. The number of thioether (sulfide) groups is 1. The first-order chi connectivity index (χ1) is 14.2. The van der Waals surface area contributed by atoms with Gasteiger partial charge < -0.3 is 5.32 Å². The van der Waals surface area contributed by atoms with Crippen molar-refractivity contribution in [2.45, 2.75) is 26.3 Å². The minimum absolute atomic E-state index is 0.187. The lowest BCUT2D eigenvalue weighted by molar-refractivity contribution is -0.123. The molecule has 0 radical (unpaired) electrons. The molecule has 0 heterocycles. The molecule has 0 fully saturated rings. The number of nitrogens with one attached hydrogen (secondary N) is 3. The predicted molar refractivity (Wildman–Crippen MR) is 122 cm³/mol. The van der Waals surface area contributed by atoms with Gasteiger partial charge in [-0.1, -0.05) is 40.9 Å². The van der Waals surface area contributed by atoms with Gasteiger partial charge in [-0.3, -0.25) is 25.2 Å². The lowest BCUT2D eigenvalue weighted by atomic mass is 10.1. The van der Waals surface area contributed by atoms with Crippen LogP contribution in [0.4, 0.5) is 0 Å². The summed E-state index contributed by atoms with van der Waals surface area (Å²) in [5.41, 5.74) is 7.30. The van der Waals surface area contributed by atoms with Crippen LogP contribution in [0.3, 0.4) is 0 Å². The second-order valence-corrected chi connectivity index (χ2v) is 8.52. The molecule has 9 heteroatoms. The van der Waals surface area contributed by atoms with E-state index in [2.05, 4.69) is 16.2 Å². The molecule has 2 aromatic carbocycles. The first kappa shape index (κ1) is 24.1. The van der Waals surface area contributed by atoms with E-state index in [1.807, 2.05) is 32.2 Å². The second kappa shape index (κ2) is 11.2. The molecule has 30 heavy (non-hydrogen) atoms. The fraction of sp³-hybridized carbons (Fsp3) is 0.286. The van der Waals surface area contributed by atoms with E-state index < -0.39 is 23.8 Å². The van der Waals surface area contributed by atoms with Gasteiger partial charge in [0.15, 0.2) is 0 Å². The minimum atomic E-state index is -0.851. The monoisotopic (exact) mass is 467 g/mol. The van der Waals surface area contributed by atoms with Crippen molar-refractivity contribution in [2.75, 3.05) is 12.0 Å². The summed E-state index contributed by atoms with van der Waals surface area (Å²) in [5.74, 6) is -0.826. The summed E-state index contributed by atoms with van der Waals surface area (Å²) in [7, 11) is 0. The third kappa shape index (κ3) is 6.65. The molecule has 0 spiro atoms. The van der Waals surface area contributed by atoms with E-state index >= 15 is 0 Å². The average molecular weight is 468 g/mol. The molecular weight excluding hydrogens is 445 g/mol. The van der Waals surface area contributed by atoms with Gasteiger partial charge in [-0.05, 0) is 62.1 Å². The number of benzene rings is 2. The van der Waals surface area contributed by atoms with Crippen LogP contribution in [0.25, 0.3) is 0 Å². The summed E-state index contributed by atoms with van der Waals surface area (Å²) in [5, 5.41) is 3.26. The first-order valence-electron chi connectivity index (χ1n) is 9.15. The first-order valence-corrected chi connectivity index (χ1v) is 11.3. The van der Waals surface area contributed by atoms with E-state index in [9.17, 15) is 14.4 Å². The molecule has 0 aliphatic carbocycles. The molecule has 0 aromatic heterocycles. The van der Waals surface area contributed by atoms with Crippen molar-refractivity contribution in [1.29, 1.82) is 0 Å². The molecule has 2 aromatic rings. The van der Waals surface area contributed by atoms with Gasteiger partial charge in [0.1, 0.15) is 6.04 Å². The average Bonchev–Trinajstić information content (AvgIpc) is 2.68. The Bertz CT molecular complexity index is 953. The van der Waals surface area contributed by atoms with E-state index in [0.717, 1.165) is 11.1 Å². The van der Waals surface area contributed by atoms with E-state index in [1.54, 1.807) is 12.1 Å². The van der Waals surface area contributed by atoms with E-state index in [-0.39, 0.29) is 10.6 Å². The van der Waals surface area contributed by atoms with Crippen molar-refractivity contribution in [3.05, 3.63) is 68.7 Å². The standard InChI is InChI=1S/C21H23Cl2N3O3S/c1-12-4-6-15(13(2)10-12)20(28)25-26-21(29)18(8-9-30-3)24-19(27)16-7-5-14(22)11-17(16)23/h4-7,10-11,18H,8-9H2,1-3H3,(H,24,27)(H,25,28)(H,26,29). The lowest BCUT2D eigenvalue weighted by Crippen LogP contribution is -2.52. The van der Waals surface area contributed by atoms with E-state index in [0.29, 0.717) is 22.8 Å². The number of amides is 3. The summed E-state index contributed by atoms with van der Waals surface area (Å²) in [6, 6.07) is 9.04. The molecular formula is C21H23Cl2N3O3S. The summed E-state index contributed by atoms with van der Waals surface area (Å²) >= 11 is 13.5. The number of aryl methyl sites for hydroxylation is 2. The third-order valence-corrected chi connectivity index (χ3v) is 5.53. The normalized spacial score (nSPS) is 11.5. The molecule has 6 nitrogen and oxygen atoms in total. The molecule has 0 bridgehead atoms. The fourth-order valence-electron chi connectivity index (χ4n) is 2.76. The Morgan fingerprint density at radius 3 is 2.30 bits per heavy atom. The number of carbonyl (C=O) groups excluding carboxylic acids is 3. The molecule has 0 aliphatic rings. The Morgan fingerprint density at radius 2 is 1.67 bits per heavy atom. The Morgan fingerprint density at radius 1 is 0.967 bits per heavy atom. The Hall–Kier alpha value is -2.22. The van der Waals surface area contributed by atoms with Crippen molar-refractivity contribution in [2.24, 2.45) is 0 Å². The number of hydrogen-bond acceptors (Lipinski definition) is 4. The Balaban J connectivity index is 2.05. The van der Waals surface area contributed by atoms with Crippen molar-refractivity contribution in [1.82, 2.24) is 16.2 Å². The molecule has 0 saturated heterocycles. The van der Waals surface area contributed by atoms with Crippen LogP contribution in [0.5, 0.6) is 0 Å². The van der Waals surface area contributed by atoms with Gasteiger partial charge in [0.25, 0.3) is 17.7 Å². The predicted octanol–water partition coefficient (Wildman–Crippen LogP) is 3.92. The smallest absolute Gasteiger partial charge is 0.269 e. The zero-order valence-corrected chi connectivity index (χ0v) is 19.2. The molecule has 1 unspecified atom stereocenters. The quantitative estimate of drug-likeness (QED) is 0.538. The van der Waals surface area contributed by atoms with Crippen molar-refractivity contribution in [3.8, 4) is 0 Å². The molecule has 1 atom stereocenters. The van der Waals surface area contributed by atoms with Gasteiger partial charge in [-0.15, -0.1) is 0 Å². The Kier molecular flexibility index (Phi) is 9.02. The summed E-state index contributed by atoms with van der Waals surface area (Å²) in [6.07, 6.45) is 2.28. The van der Waals surface area contributed by atoms with Gasteiger partial charge in [-0.2, -0.15) is 11.8 Å². The summed E-state index contributed by atoms with van der Waals surface area (Å²) in [4.78, 5) is 37.6. The minimum Gasteiger partial charge on any atom is -0.340 e. The van der Waals surface area contributed by atoms with Crippen LogP contribution in [0.2, 0.25) is 10.0 Å². The van der Waals surface area contributed by atoms with Crippen LogP contribution in [0.15, 0.2) is 36.4 Å². The highest BCUT2D eigenvalue weighted by Gasteiger charge is 2.23. The molecule has 0 aliphatic heterocycles. The van der Waals surface area contributed by atoms with Gasteiger partial charge in [0.05, 0.1) is 10.6 Å².